The molecule has 0 radical (unpaired) electrons. The molecule has 4 nitrogen and oxygen atoms in total. The Labute approximate surface area is 83.9 Å². The van der Waals surface area contributed by atoms with Crippen molar-refractivity contribution in [1.29, 1.82) is 0 Å². The van der Waals surface area contributed by atoms with E-state index in [0.29, 0.717) is 12.4 Å². The van der Waals surface area contributed by atoms with Gasteiger partial charge in [-0.15, -0.1) is 0 Å². The summed E-state index contributed by atoms with van der Waals surface area (Å²) in [5, 5.41) is 3.97. The van der Waals surface area contributed by atoms with Gasteiger partial charge in [-0.05, 0) is 25.2 Å². The normalized spacial score (nSPS) is 18.4. The monoisotopic (exact) mass is 195 g/mol. The molecule has 0 bridgehead atoms. The Balaban J connectivity index is 1.99. The fourth-order valence-corrected chi connectivity index (χ4v) is 1.54. The summed E-state index contributed by atoms with van der Waals surface area (Å²) in [4.78, 5) is 4.37. The predicted octanol–water partition coefficient (Wildman–Crippen LogP) is 1.47. The molecule has 1 aliphatic carbocycles. The van der Waals surface area contributed by atoms with Gasteiger partial charge in [0.2, 0.25) is 5.89 Å². The topological polar surface area (TPSA) is 64.9 Å². The van der Waals surface area contributed by atoms with Crippen LogP contribution >= 0.6 is 0 Å². The molecule has 1 heterocycles. The van der Waals surface area contributed by atoms with Crippen molar-refractivity contribution in [3.63, 3.8) is 0 Å². The maximum Gasteiger partial charge on any atom is 0.231 e. The standard InChI is InChI=1S/C10H17N3O/c1-2-8(6-11)10-12-9(13-14-10)5-7-3-4-7/h7-8H,2-6,11H2,1H3. The molecule has 1 atom stereocenters. The average Bonchev–Trinajstić information content (AvgIpc) is 2.88. The quantitative estimate of drug-likeness (QED) is 0.772. The van der Waals surface area contributed by atoms with Gasteiger partial charge in [-0.3, -0.25) is 0 Å². The molecule has 1 saturated carbocycles. The first kappa shape index (κ1) is 9.65. The van der Waals surface area contributed by atoms with E-state index in [-0.39, 0.29) is 5.92 Å². The molecule has 2 rings (SSSR count). The molecule has 1 aliphatic rings. The highest BCUT2D eigenvalue weighted by molar-refractivity contribution is 4.96. The molecule has 0 amide bonds. The number of nitrogens with two attached hydrogens (primary N) is 1. The summed E-state index contributed by atoms with van der Waals surface area (Å²) in [7, 11) is 0. The van der Waals surface area contributed by atoms with Gasteiger partial charge in [0.25, 0.3) is 0 Å². The van der Waals surface area contributed by atoms with Gasteiger partial charge < -0.3 is 10.3 Å². The van der Waals surface area contributed by atoms with Crippen molar-refractivity contribution in [2.75, 3.05) is 6.54 Å². The third-order valence-electron chi connectivity index (χ3n) is 2.78. The van der Waals surface area contributed by atoms with Crippen LogP contribution < -0.4 is 5.73 Å². The number of nitrogens with zero attached hydrogens (tertiary/aromatic N) is 2. The molecule has 78 valence electrons. The molecule has 0 aliphatic heterocycles. The van der Waals surface area contributed by atoms with Crippen molar-refractivity contribution in [3.8, 4) is 0 Å². The number of rotatable bonds is 5. The van der Waals surface area contributed by atoms with Crippen molar-refractivity contribution in [2.45, 2.75) is 38.5 Å². The summed E-state index contributed by atoms with van der Waals surface area (Å²) >= 11 is 0. The Kier molecular flexibility index (Phi) is 2.82. The Hall–Kier alpha value is -0.900. The van der Waals surface area contributed by atoms with Crippen LogP contribution in [0.2, 0.25) is 0 Å². The third-order valence-corrected chi connectivity index (χ3v) is 2.78. The van der Waals surface area contributed by atoms with E-state index in [1.807, 2.05) is 0 Å². The molecule has 1 fully saturated rings. The summed E-state index contributed by atoms with van der Waals surface area (Å²) in [6.45, 7) is 2.67. The summed E-state index contributed by atoms with van der Waals surface area (Å²) < 4.78 is 5.20. The molecule has 2 N–H and O–H groups in total. The van der Waals surface area contributed by atoms with Crippen molar-refractivity contribution < 1.29 is 4.52 Å². The van der Waals surface area contributed by atoms with E-state index >= 15 is 0 Å². The number of hydrogen-bond acceptors (Lipinski definition) is 4. The summed E-state index contributed by atoms with van der Waals surface area (Å²) in [5.74, 6) is 2.61. The van der Waals surface area contributed by atoms with Gasteiger partial charge in [-0.25, -0.2) is 0 Å². The minimum Gasteiger partial charge on any atom is -0.339 e. The largest absolute Gasteiger partial charge is 0.339 e. The van der Waals surface area contributed by atoms with Crippen LogP contribution in [0.5, 0.6) is 0 Å². The highest BCUT2D eigenvalue weighted by atomic mass is 16.5. The lowest BCUT2D eigenvalue weighted by atomic mass is 10.1. The maximum absolute atomic E-state index is 5.61. The highest BCUT2D eigenvalue weighted by Gasteiger charge is 2.24. The van der Waals surface area contributed by atoms with Crippen LogP contribution in [0.3, 0.4) is 0 Å². The zero-order valence-corrected chi connectivity index (χ0v) is 8.57. The molecule has 0 saturated heterocycles. The van der Waals surface area contributed by atoms with Crippen LogP contribution in [0.15, 0.2) is 4.52 Å². The first-order chi connectivity index (χ1) is 6.83. The van der Waals surface area contributed by atoms with Crippen molar-refractivity contribution in [3.05, 3.63) is 11.7 Å². The van der Waals surface area contributed by atoms with E-state index in [9.17, 15) is 0 Å². The summed E-state index contributed by atoms with van der Waals surface area (Å²) in [5.41, 5.74) is 5.61. The molecule has 0 spiro atoms. The van der Waals surface area contributed by atoms with Crippen molar-refractivity contribution in [1.82, 2.24) is 10.1 Å². The van der Waals surface area contributed by atoms with Crippen LogP contribution in [-0.2, 0) is 6.42 Å². The maximum atomic E-state index is 5.61. The second-order valence-electron chi connectivity index (χ2n) is 4.04. The van der Waals surface area contributed by atoms with Crippen LogP contribution in [0.25, 0.3) is 0 Å². The fourth-order valence-electron chi connectivity index (χ4n) is 1.54. The van der Waals surface area contributed by atoms with Gasteiger partial charge >= 0.3 is 0 Å². The zero-order valence-electron chi connectivity index (χ0n) is 8.57. The summed E-state index contributed by atoms with van der Waals surface area (Å²) in [6.07, 6.45) is 4.57. The van der Waals surface area contributed by atoms with Crippen LogP contribution in [-0.4, -0.2) is 16.7 Å². The van der Waals surface area contributed by atoms with E-state index < -0.39 is 0 Å². The van der Waals surface area contributed by atoms with E-state index in [1.165, 1.54) is 12.8 Å². The lowest BCUT2D eigenvalue weighted by Crippen LogP contribution is -2.11. The molecule has 14 heavy (non-hydrogen) atoms. The van der Waals surface area contributed by atoms with Gasteiger partial charge in [0.15, 0.2) is 5.82 Å². The first-order valence-electron chi connectivity index (χ1n) is 5.36. The van der Waals surface area contributed by atoms with Gasteiger partial charge in [-0.1, -0.05) is 12.1 Å². The molecule has 1 aromatic heterocycles. The molecular weight excluding hydrogens is 178 g/mol. The second kappa shape index (κ2) is 4.09. The minimum atomic E-state index is 0.232. The molecular formula is C10H17N3O. The van der Waals surface area contributed by atoms with Gasteiger partial charge in [0.1, 0.15) is 0 Å². The Morgan fingerprint density at radius 2 is 2.36 bits per heavy atom. The predicted molar refractivity (Wildman–Crippen MR) is 52.8 cm³/mol. The Morgan fingerprint density at radius 1 is 1.57 bits per heavy atom. The minimum absolute atomic E-state index is 0.232. The SMILES string of the molecule is CCC(CN)c1nc(CC2CC2)no1. The van der Waals surface area contributed by atoms with Crippen molar-refractivity contribution in [2.24, 2.45) is 11.7 Å². The molecule has 1 aromatic rings. The van der Waals surface area contributed by atoms with Crippen LogP contribution in [0, 0.1) is 5.92 Å². The first-order valence-corrected chi connectivity index (χ1v) is 5.36. The van der Waals surface area contributed by atoms with E-state index in [4.69, 9.17) is 10.3 Å². The van der Waals surface area contributed by atoms with Gasteiger partial charge in [0, 0.05) is 13.0 Å². The van der Waals surface area contributed by atoms with Gasteiger partial charge in [0.05, 0.1) is 5.92 Å². The molecule has 1 unspecified atom stereocenters. The van der Waals surface area contributed by atoms with E-state index in [2.05, 4.69) is 17.1 Å². The lowest BCUT2D eigenvalue weighted by Gasteiger charge is -2.04. The molecule has 4 heteroatoms. The van der Waals surface area contributed by atoms with Crippen LogP contribution in [0.4, 0.5) is 0 Å². The third kappa shape index (κ3) is 2.12. The fraction of sp³-hybridized carbons (Fsp3) is 0.800. The van der Waals surface area contributed by atoms with E-state index in [1.54, 1.807) is 0 Å². The molecule has 0 aromatic carbocycles. The van der Waals surface area contributed by atoms with Crippen molar-refractivity contribution >= 4 is 0 Å². The number of aromatic nitrogens is 2. The average molecular weight is 195 g/mol. The van der Waals surface area contributed by atoms with E-state index in [0.717, 1.165) is 24.6 Å². The smallest absolute Gasteiger partial charge is 0.231 e. The summed E-state index contributed by atoms with van der Waals surface area (Å²) in [6, 6.07) is 0. The Bertz CT molecular complexity index is 289. The van der Waals surface area contributed by atoms with Gasteiger partial charge in [-0.2, -0.15) is 4.98 Å². The Morgan fingerprint density at radius 3 is 2.93 bits per heavy atom. The lowest BCUT2D eigenvalue weighted by molar-refractivity contribution is 0.347. The number of hydrogen-bond donors (Lipinski definition) is 1. The highest BCUT2D eigenvalue weighted by Crippen LogP contribution is 2.32. The van der Waals surface area contributed by atoms with Crippen LogP contribution in [0.1, 0.15) is 43.8 Å². The zero-order chi connectivity index (χ0) is 9.97. The second-order valence-corrected chi connectivity index (χ2v) is 4.04.